The minimum absolute atomic E-state index is 0.359. The molecule has 0 aromatic heterocycles. The van der Waals surface area contributed by atoms with Crippen LogP contribution in [0.15, 0.2) is 0 Å². The van der Waals surface area contributed by atoms with Crippen molar-refractivity contribution in [2.75, 3.05) is 39.3 Å². The maximum atomic E-state index is 9.02. The monoisotopic (exact) mass is 200 g/mol. The van der Waals surface area contributed by atoms with E-state index in [1.165, 1.54) is 19.5 Å². The van der Waals surface area contributed by atoms with E-state index in [9.17, 15) is 0 Å². The van der Waals surface area contributed by atoms with Crippen LogP contribution in [0.2, 0.25) is 0 Å². The highest BCUT2D eigenvalue weighted by Crippen LogP contribution is 2.16. The lowest BCUT2D eigenvalue weighted by Crippen LogP contribution is -2.32. The van der Waals surface area contributed by atoms with E-state index in [1.807, 2.05) is 0 Å². The number of hydrogen-bond donors (Lipinski definition) is 2. The highest BCUT2D eigenvalue weighted by atomic mass is 16.3. The number of aliphatic hydroxyl groups excluding tert-OH is 1. The molecular formula is C11H24N2O. The average Bonchev–Trinajstić information content (AvgIpc) is 2.62. The average molecular weight is 200 g/mol. The van der Waals surface area contributed by atoms with E-state index >= 15 is 0 Å². The molecule has 0 saturated carbocycles. The molecule has 2 N–H and O–H groups in total. The van der Waals surface area contributed by atoms with Crippen molar-refractivity contribution in [2.24, 2.45) is 11.8 Å². The molecule has 0 spiro atoms. The number of hydrogen-bond acceptors (Lipinski definition) is 3. The van der Waals surface area contributed by atoms with Crippen molar-refractivity contribution >= 4 is 0 Å². The molecule has 0 aromatic carbocycles. The topological polar surface area (TPSA) is 35.5 Å². The van der Waals surface area contributed by atoms with Crippen LogP contribution in [0.3, 0.4) is 0 Å². The number of rotatable bonds is 6. The summed E-state index contributed by atoms with van der Waals surface area (Å²) in [5.74, 6) is 1.24. The fraction of sp³-hybridized carbons (Fsp3) is 1.00. The zero-order valence-electron chi connectivity index (χ0n) is 9.50. The first-order valence-electron chi connectivity index (χ1n) is 5.80. The van der Waals surface area contributed by atoms with Gasteiger partial charge in [0, 0.05) is 19.7 Å². The Bertz CT molecular complexity index is 152. The highest BCUT2D eigenvalue weighted by molar-refractivity contribution is 4.76. The van der Waals surface area contributed by atoms with Crippen LogP contribution in [0.4, 0.5) is 0 Å². The van der Waals surface area contributed by atoms with Crippen molar-refractivity contribution in [1.82, 2.24) is 10.2 Å². The Kier molecular flexibility index (Phi) is 5.45. The molecule has 1 saturated heterocycles. The van der Waals surface area contributed by atoms with Gasteiger partial charge < -0.3 is 15.3 Å². The predicted molar refractivity (Wildman–Crippen MR) is 59.3 cm³/mol. The SMILES string of the molecule is CCNCC(C)CN1CCC(CO)C1. The minimum atomic E-state index is 0.359. The molecule has 1 heterocycles. The summed E-state index contributed by atoms with van der Waals surface area (Å²) in [6.45, 7) is 10.4. The van der Waals surface area contributed by atoms with Gasteiger partial charge in [-0.05, 0) is 37.9 Å². The van der Waals surface area contributed by atoms with E-state index in [-0.39, 0.29) is 0 Å². The van der Waals surface area contributed by atoms with Crippen LogP contribution in [0.5, 0.6) is 0 Å². The van der Waals surface area contributed by atoms with E-state index in [1.54, 1.807) is 0 Å². The Hall–Kier alpha value is -0.120. The lowest BCUT2D eigenvalue weighted by Gasteiger charge is -2.20. The van der Waals surface area contributed by atoms with Crippen LogP contribution in [-0.4, -0.2) is 49.3 Å². The fourth-order valence-electron chi connectivity index (χ4n) is 2.12. The summed E-state index contributed by atoms with van der Waals surface area (Å²) in [6.07, 6.45) is 1.17. The van der Waals surface area contributed by atoms with Crippen LogP contribution >= 0.6 is 0 Å². The van der Waals surface area contributed by atoms with Gasteiger partial charge in [-0.2, -0.15) is 0 Å². The zero-order chi connectivity index (χ0) is 10.4. The standard InChI is InChI=1S/C11H24N2O/c1-3-12-6-10(2)7-13-5-4-11(8-13)9-14/h10-12,14H,3-9H2,1-2H3. The maximum absolute atomic E-state index is 9.02. The van der Waals surface area contributed by atoms with Gasteiger partial charge >= 0.3 is 0 Å². The normalized spacial score (nSPS) is 25.5. The van der Waals surface area contributed by atoms with Gasteiger partial charge in [-0.1, -0.05) is 13.8 Å². The summed E-state index contributed by atoms with van der Waals surface area (Å²) in [6, 6.07) is 0. The smallest absolute Gasteiger partial charge is 0.0471 e. The molecule has 1 aliphatic heterocycles. The molecule has 3 heteroatoms. The van der Waals surface area contributed by atoms with Gasteiger partial charge in [-0.3, -0.25) is 0 Å². The minimum Gasteiger partial charge on any atom is -0.396 e. The Balaban J connectivity index is 2.12. The summed E-state index contributed by atoms with van der Waals surface area (Å²) in [5.41, 5.74) is 0. The summed E-state index contributed by atoms with van der Waals surface area (Å²) in [4.78, 5) is 2.48. The van der Waals surface area contributed by atoms with E-state index in [2.05, 4.69) is 24.1 Å². The quantitative estimate of drug-likeness (QED) is 0.657. The molecule has 0 aliphatic carbocycles. The molecule has 2 unspecified atom stereocenters. The molecule has 14 heavy (non-hydrogen) atoms. The first kappa shape index (κ1) is 12.0. The van der Waals surface area contributed by atoms with Gasteiger partial charge in [-0.15, -0.1) is 0 Å². The van der Waals surface area contributed by atoms with Crippen LogP contribution in [0.1, 0.15) is 20.3 Å². The van der Waals surface area contributed by atoms with E-state index in [0.29, 0.717) is 18.4 Å². The molecule has 0 amide bonds. The Morgan fingerprint density at radius 1 is 1.57 bits per heavy atom. The Labute approximate surface area is 87.5 Å². The van der Waals surface area contributed by atoms with Gasteiger partial charge in [0.25, 0.3) is 0 Å². The van der Waals surface area contributed by atoms with Crippen molar-refractivity contribution in [3.63, 3.8) is 0 Å². The molecule has 84 valence electrons. The molecule has 1 fully saturated rings. The second kappa shape index (κ2) is 6.38. The van der Waals surface area contributed by atoms with Gasteiger partial charge in [-0.25, -0.2) is 0 Å². The van der Waals surface area contributed by atoms with Gasteiger partial charge in [0.05, 0.1) is 0 Å². The van der Waals surface area contributed by atoms with Crippen molar-refractivity contribution in [3.8, 4) is 0 Å². The molecule has 0 aromatic rings. The third-order valence-electron chi connectivity index (χ3n) is 2.94. The van der Waals surface area contributed by atoms with Crippen LogP contribution in [0, 0.1) is 11.8 Å². The van der Waals surface area contributed by atoms with Gasteiger partial charge in [0.1, 0.15) is 0 Å². The number of nitrogens with zero attached hydrogens (tertiary/aromatic N) is 1. The van der Waals surface area contributed by atoms with E-state index < -0.39 is 0 Å². The molecule has 0 bridgehead atoms. The van der Waals surface area contributed by atoms with Crippen LogP contribution in [0.25, 0.3) is 0 Å². The van der Waals surface area contributed by atoms with Crippen molar-refractivity contribution in [1.29, 1.82) is 0 Å². The van der Waals surface area contributed by atoms with Crippen LogP contribution < -0.4 is 5.32 Å². The molecule has 1 aliphatic rings. The van der Waals surface area contributed by atoms with E-state index in [0.717, 1.165) is 19.6 Å². The fourth-order valence-corrected chi connectivity index (χ4v) is 2.12. The van der Waals surface area contributed by atoms with E-state index in [4.69, 9.17) is 5.11 Å². The molecule has 0 radical (unpaired) electrons. The summed E-state index contributed by atoms with van der Waals surface area (Å²) in [5, 5.41) is 12.4. The maximum Gasteiger partial charge on any atom is 0.0471 e. The molecular weight excluding hydrogens is 176 g/mol. The highest BCUT2D eigenvalue weighted by Gasteiger charge is 2.22. The summed E-state index contributed by atoms with van der Waals surface area (Å²) in [7, 11) is 0. The largest absolute Gasteiger partial charge is 0.396 e. The number of likely N-dealkylation sites (tertiary alicyclic amines) is 1. The lowest BCUT2D eigenvalue weighted by atomic mass is 10.1. The summed E-state index contributed by atoms with van der Waals surface area (Å²) < 4.78 is 0. The van der Waals surface area contributed by atoms with Crippen molar-refractivity contribution in [2.45, 2.75) is 20.3 Å². The van der Waals surface area contributed by atoms with Crippen molar-refractivity contribution in [3.05, 3.63) is 0 Å². The van der Waals surface area contributed by atoms with Gasteiger partial charge in [0.2, 0.25) is 0 Å². The van der Waals surface area contributed by atoms with Gasteiger partial charge in [0.15, 0.2) is 0 Å². The van der Waals surface area contributed by atoms with Crippen LogP contribution in [-0.2, 0) is 0 Å². The molecule has 3 nitrogen and oxygen atoms in total. The Morgan fingerprint density at radius 2 is 2.36 bits per heavy atom. The first-order valence-corrected chi connectivity index (χ1v) is 5.80. The van der Waals surface area contributed by atoms with Crippen molar-refractivity contribution < 1.29 is 5.11 Å². The second-order valence-electron chi connectivity index (χ2n) is 4.51. The predicted octanol–water partition coefficient (Wildman–Crippen LogP) is 0.546. The number of nitrogens with one attached hydrogen (secondary N) is 1. The second-order valence-corrected chi connectivity index (χ2v) is 4.51. The third kappa shape index (κ3) is 3.95. The first-order chi connectivity index (χ1) is 6.76. The molecule has 1 rings (SSSR count). The third-order valence-corrected chi connectivity index (χ3v) is 2.94. The number of aliphatic hydroxyl groups is 1. The lowest BCUT2D eigenvalue weighted by molar-refractivity contribution is 0.214. The molecule has 2 atom stereocenters. The summed E-state index contributed by atoms with van der Waals surface area (Å²) >= 11 is 0. The Morgan fingerprint density at radius 3 is 2.93 bits per heavy atom. The zero-order valence-corrected chi connectivity index (χ0v) is 9.50.